The summed E-state index contributed by atoms with van der Waals surface area (Å²) in [5.41, 5.74) is 6.53. The zero-order valence-electron chi connectivity index (χ0n) is 10.7. The molecule has 0 fully saturated rings. The van der Waals surface area contributed by atoms with Crippen molar-refractivity contribution < 1.29 is 14.2 Å². The van der Waals surface area contributed by atoms with E-state index < -0.39 is 0 Å². The number of hydrogen-bond donors (Lipinski definition) is 2. The maximum atomic E-state index is 5.70. The number of nitrogens with two attached hydrogens (primary N) is 1. The van der Waals surface area contributed by atoms with Gasteiger partial charge in [0.1, 0.15) is 5.75 Å². The lowest BCUT2D eigenvalue weighted by Gasteiger charge is -2.16. The summed E-state index contributed by atoms with van der Waals surface area (Å²) >= 11 is 0. The zero-order chi connectivity index (χ0) is 12.8. The van der Waals surface area contributed by atoms with Crippen molar-refractivity contribution in [3.8, 4) is 17.2 Å². The normalized spacial score (nSPS) is 11.8. The van der Waals surface area contributed by atoms with Gasteiger partial charge < -0.3 is 25.3 Å². The van der Waals surface area contributed by atoms with E-state index in [2.05, 4.69) is 5.32 Å². The Morgan fingerprint density at radius 1 is 1.06 bits per heavy atom. The number of hydrogen-bond acceptors (Lipinski definition) is 5. The average Bonchev–Trinajstić information content (AvgIpc) is 2.34. The number of ether oxygens (including phenoxy) is 3. The van der Waals surface area contributed by atoms with Crippen molar-refractivity contribution in [2.45, 2.75) is 13.0 Å². The van der Waals surface area contributed by atoms with E-state index in [9.17, 15) is 0 Å². The highest BCUT2D eigenvalue weighted by Gasteiger charge is 2.11. The first-order chi connectivity index (χ1) is 8.12. The summed E-state index contributed by atoms with van der Waals surface area (Å²) in [7, 11) is 4.80. The quantitative estimate of drug-likeness (QED) is 0.788. The van der Waals surface area contributed by atoms with Crippen LogP contribution >= 0.6 is 0 Å². The fourth-order valence-electron chi connectivity index (χ4n) is 1.44. The molecule has 0 saturated heterocycles. The summed E-state index contributed by atoms with van der Waals surface area (Å²) in [5, 5.41) is 3.20. The van der Waals surface area contributed by atoms with Crippen molar-refractivity contribution in [1.29, 1.82) is 0 Å². The third-order valence-corrected chi connectivity index (χ3v) is 2.32. The van der Waals surface area contributed by atoms with Crippen LogP contribution in [-0.2, 0) is 0 Å². The Morgan fingerprint density at radius 2 is 1.59 bits per heavy atom. The molecule has 0 amide bonds. The first-order valence-electron chi connectivity index (χ1n) is 5.41. The number of nitrogens with one attached hydrogen (secondary N) is 1. The van der Waals surface area contributed by atoms with Crippen molar-refractivity contribution in [2.75, 3.05) is 33.2 Å². The largest absolute Gasteiger partial charge is 0.494 e. The molecule has 5 heteroatoms. The van der Waals surface area contributed by atoms with Gasteiger partial charge in [-0.15, -0.1) is 0 Å². The maximum Gasteiger partial charge on any atom is 0.164 e. The summed E-state index contributed by atoms with van der Waals surface area (Å²) in [4.78, 5) is 0. The van der Waals surface area contributed by atoms with E-state index in [1.54, 1.807) is 27.4 Å². The molecule has 0 aliphatic carbocycles. The second kappa shape index (κ2) is 6.20. The lowest BCUT2D eigenvalue weighted by Crippen LogP contribution is -2.25. The van der Waals surface area contributed by atoms with Gasteiger partial charge in [0.05, 0.1) is 27.0 Å². The molecule has 0 aromatic heterocycles. The van der Waals surface area contributed by atoms with Crippen LogP contribution in [0.2, 0.25) is 0 Å². The minimum Gasteiger partial charge on any atom is -0.494 e. The molecular formula is C12H20N2O3. The van der Waals surface area contributed by atoms with Crippen LogP contribution < -0.4 is 25.3 Å². The van der Waals surface area contributed by atoms with Crippen molar-refractivity contribution in [2.24, 2.45) is 5.73 Å². The van der Waals surface area contributed by atoms with Crippen molar-refractivity contribution in [3.05, 3.63) is 12.1 Å². The van der Waals surface area contributed by atoms with Gasteiger partial charge >= 0.3 is 0 Å². The van der Waals surface area contributed by atoms with Gasteiger partial charge in [-0.3, -0.25) is 0 Å². The second-order valence-corrected chi connectivity index (χ2v) is 3.77. The Bertz CT molecular complexity index is 367. The topological polar surface area (TPSA) is 65.7 Å². The highest BCUT2D eigenvalue weighted by molar-refractivity contribution is 5.64. The van der Waals surface area contributed by atoms with Crippen molar-refractivity contribution in [1.82, 2.24) is 0 Å². The Balaban J connectivity index is 3.01. The standard InChI is InChI=1S/C12H20N2O3/c1-8(13)7-14-9-5-11(16-3)12(17-4)6-10(9)15-2/h5-6,8,14H,7,13H2,1-4H3. The molecular weight excluding hydrogens is 220 g/mol. The van der Waals surface area contributed by atoms with Crippen LogP contribution in [0.25, 0.3) is 0 Å². The number of benzene rings is 1. The zero-order valence-corrected chi connectivity index (χ0v) is 10.7. The molecule has 0 heterocycles. The third-order valence-electron chi connectivity index (χ3n) is 2.32. The van der Waals surface area contributed by atoms with E-state index in [0.29, 0.717) is 23.8 Å². The van der Waals surface area contributed by atoms with E-state index in [0.717, 1.165) is 5.69 Å². The molecule has 0 spiro atoms. The van der Waals surface area contributed by atoms with Gasteiger partial charge in [-0.1, -0.05) is 0 Å². The van der Waals surface area contributed by atoms with E-state index >= 15 is 0 Å². The molecule has 1 rings (SSSR count). The molecule has 1 atom stereocenters. The van der Waals surface area contributed by atoms with Crippen LogP contribution in [0.4, 0.5) is 5.69 Å². The molecule has 0 radical (unpaired) electrons. The lowest BCUT2D eigenvalue weighted by atomic mass is 10.2. The van der Waals surface area contributed by atoms with Crippen LogP contribution in [0.1, 0.15) is 6.92 Å². The van der Waals surface area contributed by atoms with Crippen LogP contribution in [-0.4, -0.2) is 33.9 Å². The minimum atomic E-state index is 0.0628. The first-order valence-corrected chi connectivity index (χ1v) is 5.41. The smallest absolute Gasteiger partial charge is 0.164 e. The van der Waals surface area contributed by atoms with Crippen LogP contribution in [0.5, 0.6) is 17.2 Å². The van der Waals surface area contributed by atoms with E-state index in [1.165, 1.54) is 0 Å². The molecule has 1 aromatic carbocycles. The molecule has 1 unspecified atom stereocenters. The highest BCUT2D eigenvalue weighted by Crippen LogP contribution is 2.37. The maximum absolute atomic E-state index is 5.70. The summed E-state index contributed by atoms with van der Waals surface area (Å²) < 4.78 is 15.7. The molecule has 96 valence electrons. The Labute approximate surface area is 102 Å². The highest BCUT2D eigenvalue weighted by atomic mass is 16.5. The fraction of sp³-hybridized carbons (Fsp3) is 0.500. The fourth-order valence-corrected chi connectivity index (χ4v) is 1.44. The Hall–Kier alpha value is -1.62. The van der Waals surface area contributed by atoms with Gasteiger partial charge in [0.25, 0.3) is 0 Å². The minimum absolute atomic E-state index is 0.0628. The first kappa shape index (κ1) is 13.4. The van der Waals surface area contributed by atoms with E-state index in [-0.39, 0.29) is 6.04 Å². The predicted molar refractivity (Wildman–Crippen MR) is 68.2 cm³/mol. The number of anilines is 1. The summed E-state index contributed by atoms with van der Waals surface area (Å²) in [6, 6.07) is 3.68. The molecule has 0 saturated carbocycles. The van der Waals surface area contributed by atoms with E-state index in [4.69, 9.17) is 19.9 Å². The summed E-state index contributed by atoms with van der Waals surface area (Å²) in [6.45, 7) is 2.59. The molecule has 0 aliphatic heterocycles. The molecule has 17 heavy (non-hydrogen) atoms. The molecule has 5 nitrogen and oxygen atoms in total. The van der Waals surface area contributed by atoms with Crippen LogP contribution in [0.15, 0.2) is 12.1 Å². The average molecular weight is 240 g/mol. The molecule has 0 aliphatic rings. The predicted octanol–water partition coefficient (Wildman–Crippen LogP) is 1.47. The van der Waals surface area contributed by atoms with Crippen molar-refractivity contribution >= 4 is 5.69 Å². The van der Waals surface area contributed by atoms with Gasteiger partial charge in [0.2, 0.25) is 0 Å². The van der Waals surface area contributed by atoms with Gasteiger partial charge in [0.15, 0.2) is 11.5 Å². The van der Waals surface area contributed by atoms with Gasteiger partial charge in [-0.05, 0) is 6.92 Å². The van der Waals surface area contributed by atoms with Crippen LogP contribution in [0.3, 0.4) is 0 Å². The molecule has 1 aromatic rings. The molecule has 3 N–H and O–H groups in total. The Morgan fingerprint density at radius 3 is 2.06 bits per heavy atom. The van der Waals surface area contributed by atoms with Crippen molar-refractivity contribution in [3.63, 3.8) is 0 Å². The second-order valence-electron chi connectivity index (χ2n) is 3.77. The third kappa shape index (κ3) is 3.42. The lowest BCUT2D eigenvalue weighted by molar-refractivity contribution is 0.349. The van der Waals surface area contributed by atoms with Gasteiger partial charge in [-0.2, -0.15) is 0 Å². The number of rotatable bonds is 6. The summed E-state index contributed by atoms with van der Waals surface area (Å²) in [5.74, 6) is 1.99. The summed E-state index contributed by atoms with van der Waals surface area (Å²) in [6.07, 6.45) is 0. The molecule has 0 bridgehead atoms. The Kier molecular flexibility index (Phi) is 4.90. The SMILES string of the molecule is COc1cc(OC)c(OC)cc1NCC(C)N. The van der Waals surface area contributed by atoms with Crippen LogP contribution in [0, 0.1) is 0 Å². The number of methoxy groups -OCH3 is 3. The van der Waals surface area contributed by atoms with Gasteiger partial charge in [0, 0.05) is 24.7 Å². The monoisotopic (exact) mass is 240 g/mol. The van der Waals surface area contributed by atoms with E-state index in [1.807, 2.05) is 13.0 Å². The van der Waals surface area contributed by atoms with Gasteiger partial charge in [-0.25, -0.2) is 0 Å².